The van der Waals surface area contributed by atoms with E-state index in [0.29, 0.717) is 27.0 Å². The Morgan fingerprint density at radius 2 is 1.80 bits per heavy atom. The van der Waals surface area contributed by atoms with Crippen molar-refractivity contribution in [3.05, 3.63) is 58.1 Å². The van der Waals surface area contributed by atoms with Gasteiger partial charge in [0.2, 0.25) is 0 Å². The lowest BCUT2D eigenvalue weighted by Gasteiger charge is -2.31. The number of ether oxygens (including phenoxy) is 1. The number of para-hydroxylation sites is 1. The van der Waals surface area contributed by atoms with Crippen molar-refractivity contribution in [2.45, 2.75) is 51.2 Å². The van der Waals surface area contributed by atoms with Crippen LogP contribution in [-0.4, -0.2) is 35.9 Å². The summed E-state index contributed by atoms with van der Waals surface area (Å²) in [5.41, 5.74) is 0.934. The zero-order valence-corrected chi connectivity index (χ0v) is 18.7. The summed E-state index contributed by atoms with van der Waals surface area (Å²) in [6.45, 7) is 1.62. The lowest BCUT2D eigenvalue weighted by Crippen LogP contribution is -2.39. The van der Waals surface area contributed by atoms with Crippen molar-refractivity contribution in [2.75, 3.05) is 12.4 Å². The molecule has 0 saturated heterocycles. The maximum Gasteiger partial charge on any atom is 0.265 e. The van der Waals surface area contributed by atoms with E-state index >= 15 is 0 Å². The van der Waals surface area contributed by atoms with E-state index in [1.165, 1.54) is 6.42 Å². The van der Waals surface area contributed by atoms with E-state index in [-0.39, 0.29) is 17.9 Å². The zero-order valence-electron chi connectivity index (χ0n) is 17.2. The molecule has 0 aliphatic heterocycles. The minimum Gasteiger partial charge on any atom is -0.479 e. The predicted molar refractivity (Wildman–Crippen MR) is 121 cm³/mol. The first-order chi connectivity index (χ1) is 14.4. The van der Waals surface area contributed by atoms with Crippen molar-refractivity contribution in [1.82, 2.24) is 4.90 Å². The molecule has 1 fully saturated rings. The number of halogens is 2. The third-order valence-electron chi connectivity index (χ3n) is 5.43. The third kappa shape index (κ3) is 5.46. The smallest absolute Gasteiger partial charge is 0.265 e. The lowest BCUT2D eigenvalue weighted by molar-refractivity contribution is -0.122. The SMILES string of the molecule is C[C@@H](Oc1ccc(Cl)cc1Cl)C(=O)Nc1ccccc1C(=O)N(C)C1CCCCC1. The van der Waals surface area contributed by atoms with E-state index in [9.17, 15) is 9.59 Å². The molecule has 1 aliphatic rings. The summed E-state index contributed by atoms with van der Waals surface area (Å²) >= 11 is 12.0. The van der Waals surface area contributed by atoms with Crippen LogP contribution in [0.4, 0.5) is 5.69 Å². The fourth-order valence-electron chi connectivity index (χ4n) is 3.65. The molecule has 0 heterocycles. The van der Waals surface area contributed by atoms with Gasteiger partial charge in [0.25, 0.3) is 11.8 Å². The molecule has 3 rings (SSSR count). The van der Waals surface area contributed by atoms with E-state index < -0.39 is 6.10 Å². The number of carbonyl (C=O) groups is 2. The van der Waals surface area contributed by atoms with E-state index in [2.05, 4.69) is 5.32 Å². The summed E-state index contributed by atoms with van der Waals surface area (Å²) in [6, 6.07) is 12.1. The minimum atomic E-state index is -0.817. The van der Waals surface area contributed by atoms with Gasteiger partial charge in [-0.25, -0.2) is 0 Å². The monoisotopic (exact) mass is 448 g/mol. The van der Waals surface area contributed by atoms with E-state index in [0.717, 1.165) is 25.7 Å². The number of carbonyl (C=O) groups excluding carboxylic acids is 2. The Balaban J connectivity index is 1.70. The molecule has 2 aromatic carbocycles. The van der Waals surface area contributed by atoms with Gasteiger partial charge in [-0.1, -0.05) is 54.6 Å². The van der Waals surface area contributed by atoms with Gasteiger partial charge in [-0.2, -0.15) is 0 Å². The summed E-state index contributed by atoms with van der Waals surface area (Å²) < 4.78 is 5.68. The molecule has 1 N–H and O–H groups in total. The highest BCUT2D eigenvalue weighted by molar-refractivity contribution is 6.35. The van der Waals surface area contributed by atoms with Crippen LogP contribution in [0, 0.1) is 0 Å². The number of hydrogen-bond donors (Lipinski definition) is 1. The Kier molecular flexibility index (Phi) is 7.62. The van der Waals surface area contributed by atoms with Crippen molar-refractivity contribution in [3.63, 3.8) is 0 Å². The molecule has 1 atom stereocenters. The predicted octanol–water partition coefficient (Wildman–Crippen LogP) is 5.80. The topological polar surface area (TPSA) is 58.6 Å². The van der Waals surface area contributed by atoms with Crippen LogP contribution in [0.3, 0.4) is 0 Å². The molecule has 2 amide bonds. The molecule has 160 valence electrons. The standard InChI is InChI=1S/C23H26Cl2N2O3/c1-15(30-21-13-12-16(24)14-19(21)25)22(28)26-20-11-7-6-10-18(20)23(29)27(2)17-8-4-3-5-9-17/h6-7,10-15,17H,3-5,8-9H2,1-2H3,(H,26,28)/t15-/m1/s1. The van der Waals surface area contributed by atoms with Gasteiger partial charge in [0, 0.05) is 18.1 Å². The van der Waals surface area contributed by atoms with Gasteiger partial charge >= 0.3 is 0 Å². The zero-order chi connectivity index (χ0) is 21.7. The number of anilines is 1. The van der Waals surface area contributed by atoms with Crippen LogP contribution in [-0.2, 0) is 4.79 Å². The summed E-state index contributed by atoms with van der Waals surface area (Å²) in [5.74, 6) is -0.0983. The first-order valence-corrected chi connectivity index (χ1v) is 10.9. The molecule has 0 bridgehead atoms. The normalized spacial score (nSPS) is 15.3. The van der Waals surface area contributed by atoms with Crippen molar-refractivity contribution in [1.29, 1.82) is 0 Å². The molecule has 0 radical (unpaired) electrons. The van der Waals surface area contributed by atoms with Crippen LogP contribution >= 0.6 is 23.2 Å². The summed E-state index contributed by atoms with van der Waals surface area (Å²) in [6.07, 6.45) is 4.72. The quantitative estimate of drug-likeness (QED) is 0.606. The van der Waals surface area contributed by atoms with Gasteiger partial charge in [0.15, 0.2) is 6.10 Å². The van der Waals surface area contributed by atoms with Gasteiger partial charge in [-0.3, -0.25) is 9.59 Å². The van der Waals surface area contributed by atoms with Crippen molar-refractivity contribution in [2.24, 2.45) is 0 Å². The molecule has 1 saturated carbocycles. The molecule has 5 nitrogen and oxygen atoms in total. The molecule has 0 spiro atoms. The largest absolute Gasteiger partial charge is 0.479 e. The maximum atomic E-state index is 13.1. The minimum absolute atomic E-state index is 0.0906. The van der Waals surface area contributed by atoms with Gasteiger partial charge in [0.1, 0.15) is 5.75 Å². The molecular formula is C23H26Cl2N2O3. The number of amides is 2. The third-order valence-corrected chi connectivity index (χ3v) is 5.96. The number of nitrogens with zero attached hydrogens (tertiary/aromatic N) is 1. The maximum absolute atomic E-state index is 13.1. The lowest BCUT2D eigenvalue weighted by atomic mass is 9.94. The average Bonchev–Trinajstić information content (AvgIpc) is 2.75. The van der Waals surface area contributed by atoms with Gasteiger partial charge in [-0.15, -0.1) is 0 Å². The van der Waals surface area contributed by atoms with E-state index in [4.69, 9.17) is 27.9 Å². The second kappa shape index (κ2) is 10.2. The second-order valence-electron chi connectivity index (χ2n) is 7.58. The Labute approximate surface area is 187 Å². The number of rotatable bonds is 6. The van der Waals surface area contributed by atoms with Crippen LogP contribution in [0.25, 0.3) is 0 Å². The Morgan fingerprint density at radius 1 is 1.10 bits per heavy atom. The fourth-order valence-corrected chi connectivity index (χ4v) is 4.10. The van der Waals surface area contributed by atoms with Crippen LogP contribution in [0.5, 0.6) is 5.75 Å². The highest BCUT2D eigenvalue weighted by Gasteiger charge is 2.25. The summed E-state index contributed by atoms with van der Waals surface area (Å²) in [7, 11) is 1.84. The Bertz CT molecular complexity index is 913. The summed E-state index contributed by atoms with van der Waals surface area (Å²) in [4.78, 5) is 27.6. The molecule has 30 heavy (non-hydrogen) atoms. The van der Waals surface area contributed by atoms with Crippen LogP contribution < -0.4 is 10.1 Å². The van der Waals surface area contributed by atoms with Gasteiger partial charge in [0.05, 0.1) is 16.3 Å². The van der Waals surface area contributed by atoms with Crippen LogP contribution in [0.1, 0.15) is 49.4 Å². The molecular weight excluding hydrogens is 423 g/mol. The second-order valence-corrected chi connectivity index (χ2v) is 8.42. The van der Waals surface area contributed by atoms with Gasteiger partial charge < -0.3 is 15.0 Å². The first-order valence-electron chi connectivity index (χ1n) is 10.2. The number of hydrogen-bond acceptors (Lipinski definition) is 3. The summed E-state index contributed by atoms with van der Waals surface area (Å²) in [5, 5.41) is 3.63. The number of benzene rings is 2. The van der Waals surface area contributed by atoms with E-state index in [1.807, 2.05) is 7.05 Å². The van der Waals surface area contributed by atoms with Crippen molar-refractivity contribution in [3.8, 4) is 5.75 Å². The Morgan fingerprint density at radius 3 is 2.50 bits per heavy atom. The molecule has 0 unspecified atom stereocenters. The highest BCUT2D eigenvalue weighted by Crippen LogP contribution is 2.29. The van der Waals surface area contributed by atoms with Crippen LogP contribution in [0.15, 0.2) is 42.5 Å². The number of nitrogens with one attached hydrogen (secondary N) is 1. The Hall–Kier alpha value is -2.24. The van der Waals surface area contributed by atoms with Crippen molar-refractivity contribution >= 4 is 40.7 Å². The molecule has 0 aromatic heterocycles. The molecule has 2 aromatic rings. The average molecular weight is 449 g/mol. The molecule has 7 heteroatoms. The van der Waals surface area contributed by atoms with E-state index in [1.54, 1.807) is 54.3 Å². The fraction of sp³-hybridized carbons (Fsp3) is 0.391. The van der Waals surface area contributed by atoms with Crippen LogP contribution in [0.2, 0.25) is 10.0 Å². The van der Waals surface area contributed by atoms with Crippen molar-refractivity contribution < 1.29 is 14.3 Å². The highest BCUT2D eigenvalue weighted by atomic mass is 35.5. The molecule has 1 aliphatic carbocycles. The van der Waals surface area contributed by atoms with Gasteiger partial charge in [-0.05, 0) is 50.1 Å². The first kappa shape index (κ1) is 22.4.